The molecule has 0 unspecified atom stereocenters. The number of hydrogen-bond donors (Lipinski definition) is 3. The molecule has 2 aromatic carbocycles. The maximum atomic E-state index is 12.2. The Balaban J connectivity index is 0.00000408. The van der Waals surface area contributed by atoms with E-state index < -0.39 is 0 Å². The standard InChI is InChI=1S/C25H32N6O2.HI/c1-4-26-25(27-13-11-20-10-9-19(2)23(16-20)33-3)28-17-21-7-5-8-22(15-21)30-24(32)18-31-14-6-12-29-31;/h5-10,12,14-16H,4,11,13,17-18H2,1-3H3,(H,30,32)(H2,26,27,28);1H. The van der Waals surface area contributed by atoms with Crippen LogP contribution < -0.4 is 20.7 Å². The number of aliphatic imine (C=N–C) groups is 1. The van der Waals surface area contributed by atoms with E-state index in [4.69, 9.17) is 4.74 Å². The zero-order valence-electron chi connectivity index (χ0n) is 19.9. The van der Waals surface area contributed by atoms with Gasteiger partial charge in [0.05, 0.1) is 13.7 Å². The first-order valence-corrected chi connectivity index (χ1v) is 11.1. The zero-order chi connectivity index (χ0) is 23.5. The molecule has 0 aliphatic rings. The van der Waals surface area contributed by atoms with E-state index in [-0.39, 0.29) is 36.4 Å². The molecule has 0 saturated carbocycles. The Hall–Kier alpha value is -3.08. The lowest BCUT2D eigenvalue weighted by molar-refractivity contribution is -0.116. The third-order valence-corrected chi connectivity index (χ3v) is 5.02. The number of methoxy groups -OCH3 is 1. The second-order valence-electron chi connectivity index (χ2n) is 7.63. The molecule has 1 heterocycles. The maximum Gasteiger partial charge on any atom is 0.246 e. The summed E-state index contributed by atoms with van der Waals surface area (Å²) in [4.78, 5) is 16.9. The summed E-state index contributed by atoms with van der Waals surface area (Å²) in [5, 5.41) is 13.6. The van der Waals surface area contributed by atoms with E-state index in [2.05, 4.69) is 44.2 Å². The predicted octanol–water partition coefficient (Wildman–Crippen LogP) is 3.75. The van der Waals surface area contributed by atoms with Crippen LogP contribution in [0.4, 0.5) is 5.69 Å². The average Bonchev–Trinajstić information content (AvgIpc) is 3.31. The number of aromatic nitrogens is 2. The molecule has 0 radical (unpaired) electrons. The summed E-state index contributed by atoms with van der Waals surface area (Å²) < 4.78 is 7.00. The van der Waals surface area contributed by atoms with Crippen molar-refractivity contribution < 1.29 is 9.53 Å². The summed E-state index contributed by atoms with van der Waals surface area (Å²) in [6, 6.07) is 15.8. The highest BCUT2D eigenvalue weighted by Gasteiger charge is 2.05. The summed E-state index contributed by atoms with van der Waals surface area (Å²) in [5.74, 6) is 1.54. The molecule has 34 heavy (non-hydrogen) atoms. The van der Waals surface area contributed by atoms with Gasteiger partial charge in [0, 0.05) is 31.2 Å². The molecule has 0 atom stereocenters. The highest BCUT2D eigenvalue weighted by Crippen LogP contribution is 2.19. The first-order valence-electron chi connectivity index (χ1n) is 11.1. The number of amides is 1. The number of nitrogens with zero attached hydrogens (tertiary/aromatic N) is 3. The Kier molecular flexibility index (Phi) is 11.4. The molecule has 9 heteroatoms. The largest absolute Gasteiger partial charge is 0.496 e. The van der Waals surface area contributed by atoms with Crippen LogP contribution in [0.3, 0.4) is 0 Å². The molecule has 3 rings (SSSR count). The molecule has 0 aliphatic heterocycles. The van der Waals surface area contributed by atoms with Crippen LogP contribution in [0.1, 0.15) is 23.6 Å². The minimum absolute atomic E-state index is 0. The number of anilines is 1. The fourth-order valence-electron chi connectivity index (χ4n) is 3.35. The monoisotopic (exact) mass is 576 g/mol. The number of rotatable bonds is 10. The number of guanidine groups is 1. The number of carbonyl (C=O) groups is 1. The molecule has 1 amide bonds. The van der Waals surface area contributed by atoms with Crippen molar-refractivity contribution in [2.45, 2.75) is 33.4 Å². The Morgan fingerprint density at radius 3 is 2.71 bits per heavy atom. The van der Waals surface area contributed by atoms with Crippen LogP contribution in [0.15, 0.2) is 65.9 Å². The van der Waals surface area contributed by atoms with Gasteiger partial charge in [0.2, 0.25) is 5.91 Å². The van der Waals surface area contributed by atoms with E-state index in [0.29, 0.717) is 6.54 Å². The fraction of sp³-hybridized carbons (Fsp3) is 0.320. The Labute approximate surface area is 218 Å². The Morgan fingerprint density at radius 1 is 1.12 bits per heavy atom. The molecule has 8 nitrogen and oxygen atoms in total. The Bertz CT molecular complexity index is 1070. The van der Waals surface area contributed by atoms with Gasteiger partial charge in [-0.15, -0.1) is 24.0 Å². The van der Waals surface area contributed by atoms with Crippen molar-refractivity contribution in [3.8, 4) is 5.75 Å². The molecule has 0 bridgehead atoms. The molecule has 0 spiro atoms. The third-order valence-electron chi connectivity index (χ3n) is 5.02. The van der Waals surface area contributed by atoms with Crippen molar-refractivity contribution in [3.05, 3.63) is 77.6 Å². The van der Waals surface area contributed by atoms with E-state index in [1.54, 1.807) is 30.3 Å². The van der Waals surface area contributed by atoms with Crippen molar-refractivity contribution in [2.24, 2.45) is 4.99 Å². The SMILES string of the molecule is CCNC(=NCc1cccc(NC(=O)Cn2cccn2)c1)NCCc1ccc(C)c(OC)c1.I. The predicted molar refractivity (Wildman–Crippen MR) is 147 cm³/mol. The Morgan fingerprint density at radius 2 is 1.97 bits per heavy atom. The lowest BCUT2D eigenvalue weighted by Gasteiger charge is -2.12. The summed E-state index contributed by atoms with van der Waals surface area (Å²) in [6.07, 6.45) is 4.27. The van der Waals surface area contributed by atoms with Crippen LogP contribution in [0, 0.1) is 6.92 Å². The number of aryl methyl sites for hydroxylation is 1. The van der Waals surface area contributed by atoms with Crippen LogP contribution in [-0.4, -0.2) is 41.8 Å². The van der Waals surface area contributed by atoms with Gasteiger partial charge in [-0.3, -0.25) is 9.48 Å². The van der Waals surface area contributed by atoms with Crippen LogP contribution in [0.2, 0.25) is 0 Å². The summed E-state index contributed by atoms with van der Waals surface area (Å²) >= 11 is 0. The van der Waals surface area contributed by atoms with Gasteiger partial charge in [-0.1, -0.05) is 24.3 Å². The first kappa shape index (κ1) is 27.2. The van der Waals surface area contributed by atoms with E-state index in [1.807, 2.05) is 38.1 Å². The van der Waals surface area contributed by atoms with Gasteiger partial charge in [-0.05, 0) is 61.2 Å². The zero-order valence-corrected chi connectivity index (χ0v) is 22.2. The number of nitrogens with one attached hydrogen (secondary N) is 3. The number of benzene rings is 2. The van der Waals surface area contributed by atoms with Crippen molar-refractivity contribution in [1.29, 1.82) is 0 Å². The van der Waals surface area contributed by atoms with Crippen LogP contribution in [0.5, 0.6) is 5.75 Å². The molecule has 3 aromatic rings. The van der Waals surface area contributed by atoms with Crippen LogP contribution in [-0.2, 0) is 24.3 Å². The van der Waals surface area contributed by atoms with Gasteiger partial charge in [0.15, 0.2) is 5.96 Å². The van der Waals surface area contributed by atoms with E-state index in [1.165, 1.54) is 5.56 Å². The molecule has 0 saturated heterocycles. The van der Waals surface area contributed by atoms with E-state index in [9.17, 15) is 4.79 Å². The molecule has 0 fully saturated rings. The quantitative estimate of drug-likeness (QED) is 0.194. The van der Waals surface area contributed by atoms with E-state index >= 15 is 0 Å². The second-order valence-corrected chi connectivity index (χ2v) is 7.63. The third kappa shape index (κ3) is 8.69. The average molecular weight is 576 g/mol. The lowest BCUT2D eigenvalue weighted by atomic mass is 10.1. The summed E-state index contributed by atoms with van der Waals surface area (Å²) in [7, 11) is 1.69. The first-order chi connectivity index (χ1) is 16.1. The van der Waals surface area contributed by atoms with Gasteiger partial charge < -0.3 is 20.7 Å². The minimum atomic E-state index is -0.123. The molecule has 0 aliphatic carbocycles. The van der Waals surface area contributed by atoms with Gasteiger partial charge in [0.1, 0.15) is 12.3 Å². The fourth-order valence-corrected chi connectivity index (χ4v) is 3.35. The smallest absolute Gasteiger partial charge is 0.246 e. The van der Waals surface area contributed by atoms with Crippen molar-refractivity contribution in [3.63, 3.8) is 0 Å². The number of hydrogen-bond acceptors (Lipinski definition) is 4. The second kappa shape index (κ2) is 14.2. The molecular formula is C25H33IN6O2. The number of halogens is 1. The summed E-state index contributed by atoms with van der Waals surface area (Å²) in [6.45, 7) is 6.27. The summed E-state index contributed by atoms with van der Waals surface area (Å²) in [5.41, 5.74) is 4.08. The van der Waals surface area contributed by atoms with Crippen molar-refractivity contribution >= 4 is 41.5 Å². The van der Waals surface area contributed by atoms with E-state index in [0.717, 1.165) is 48.0 Å². The van der Waals surface area contributed by atoms with Crippen molar-refractivity contribution in [2.75, 3.05) is 25.5 Å². The molecular weight excluding hydrogens is 543 g/mol. The van der Waals surface area contributed by atoms with Crippen LogP contribution in [0.25, 0.3) is 0 Å². The van der Waals surface area contributed by atoms with Gasteiger partial charge in [-0.25, -0.2) is 4.99 Å². The highest BCUT2D eigenvalue weighted by molar-refractivity contribution is 14.0. The number of carbonyl (C=O) groups excluding carboxylic acids is 1. The van der Waals surface area contributed by atoms with Gasteiger partial charge in [-0.2, -0.15) is 5.10 Å². The lowest BCUT2D eigenvalue weighted by Crippen LogP contribution is -2.38. The normalized spacial score (nSPS) is 10.9. The maximum absolute atomic E-state index is 12.2. The topological polar surface area (TPSA) is 92.6 Å². The van der Waals surface area contributed by atoms with Gasteiger partial charge >= 0.3 is 0 Å². The molecule has 1 aromatic heterocycles. The molecule has 182 valence electrons. The van der Waals surface area contributed by atoms with Crippen molar-refractivity contribution in [1.82, 2.24) is 20.4 Å². The minimum Gasteiger partial charge on any atom is -0.496 e. The molecule has 3 N–H and O–H groups in total. The highest BCUT2D eigenvalue weighted by atomic mass is 127. The van der Waals surface area contributed by atoms with Crippen LogP contribution >= 0.6 is 24.0 Å². The number of ether oxygens (including phenoxy) is 1. The van der Waals surface area contributed by atoms with Gasteiger partial charge in [0.25, 0.3) is 0 Å².